The summed E-state index contributed by atoms with van der Waals surface area (Å²) in [6.45, 7) is 1.74. The van der Waals surface area contributed by atoms with Crippen molar-refractivity contribution in [2.75, 3.05) is 19.6 Å². The first-order chi connectivity index (χ1) is 12.9. The molecular weight excluding hydrogens is 418 g/mol. The average molecular weight is 439 g/mol. The first kappa shape index (κ1) is 20.8. The van der Waals surface area contributed by atoms with Crippen molar-refractivity contribution >= 4 is 38.2 Å². The van der Waals surface area contributed by atoms with Gasteiger partial charge in [-0.15, -0.1) is 8.68 Å². The zero-order valence-electron chi connectivity index (χ0n) is 15.0. The number of nitrogens with two attached hydrogens (primary N) is 1. The molecule has 158 valence electrons. The Morgan fingerprint density at radius 1 is 1.21 bits per heavy atom. The molecule has 3 heterocycles. The van der Waals surface area contributed by atoms with E-state index in [-0.39, 0.29) is 44.1 Å². The van der Waals surface area contributed by atoms with Crippen LogP contribution in [0.2, 0.25) is 0 Å². The molecule has 1 unspecified atom stereocenters. The number of amides is 3. The normalized spacial score (nSPS) is 28.9. The molecule has 0 aromatic rings. The van der Waals surface area contributed by atoms with Gasteiger partial charge in [-0.3, -0.25) is 9.35 Å². The molecule has 28 heavy (non-hydrogen) atoms. The van der Waals surface area contributed by atoms with E-state index >= 15 is 0 Å². The summed E-state index contributed by atoms with van der Waals surface area (Å²) in [5, 5.41) is -0.335. The first-order valence-electron chi connectivity index (χ1n) is 8.50. The molecule has 15 heteroatoms. The third kappa shape index (κ3) is 4.06. The van der Waals surface area contributed by atoms with Crippen LogP contribution in [-0.2, 0) is 29.5 Å². The number of hydrogen-bond donors (Lipinski definition) is 2. The zero-order chi connectivity index (χ0) is 20.9. The second kappa shape index (κ2) is 7.13. The molecule has 3 saturated heterocycles. The van der Waals surface area contributed by atoms with Crippen molar-refractivity contribution in [2.45, 2.75) is 43.5 Å². The van der Waals surface area contributed by atoms with Crippen molar-refractivity contribution in [1.82, 2.24) is 14.9 Å². The molecule has 0 spiro atoms. The predicted octanol–water partition coefficient (Wildman–Crippen LogP) is -1.70. The quantitative estimate of drug-likeness (QED) is 0.287. The number of fused-ring (bicyclic) bond motifs is 2. The summed E-state index contributed by atoms with van der Waals surface area (Å²) in [7, 11) is -8.88. The lowest BCUT2D eigenvalue weighted by atomic mass is 10.0. The van der Waals surface area contributed by atoms with E-state index in [4.69, 9.17) is 10.3 Å². The highest BCUT2D eigenvalue weighted by molar-refractivity contribution is 7.90. The van der Waals surface area contributed by atoms with Gasteiger partial charge in [-0.1, -0.05) is 0 Å². The molecule has 3 amide bonds. The SMILES string of the molecule is CC(=O)N1CCC(S(=O)(=O)/N=C(\N)[C@@H]2CC[C@@H]3CN2C(=O)N3OS(=O)(=O)O)C1. The number of sulfonamides is 1. The van der Waals surface area contributed by atoms with Gasteiger partial charge in [-0.2, -0.15) is 13.5 Å². The van der Waals surface area contributed by atoms with Gasteiger partial charge >= 0.3 is 16.4 Å². The standard InChI is InChI=1S/C13H21N5O8S2/c1-8(19)16-5-4-10(7-16)27(21,22)15-12(14)11-3-2-9-6-17(11)13(20)18(9)26-28(23,24)25/h9-11H,2-7H2,1H3,(H2,14,15)(H,23,24,25)/t9-,10?,11+/m1/s1. The Balaban J connectivity index is 1.75. The van der Waals surface area contributed by atoms with Crippen LogP contribution >= 0.6 is 0 Å². The molecule has 0 saturated carbocycles. The summed E-state index contributed by atoms with van der Waals surface area (Å²) < 4.78 is 63.7. The van der Waals surface area contributed by atoms with Gasteiger partial charge in [0, 0.05) is 26.6 Å². The van der Waals surface area contributed by atoms with Crippen LogP contribution < -0.4 is 5.73 Å². The maximum absolute atomic E-state index is 12.5. The molecule has 3 N–H and O–H groups in total. The number of carbonyl (C=O) groups excluding carboxylic acids is 2. The summed E-state index contributed by atoms with van der Waals surface area (Å²) in [6, 6.07) is -2.32. The summed E-state index contributed by atoms with van der Waals surface area (Å²) >= 11 is 0. The fourth-order valence-electron chi connectivity index (χ4n) is 3.68. The zero-order valence-corrected chi connectivity index (χ0v) is 16.6. The van der Waals surface area contributed by atoms with Crippen LogP contribution in [0.3, 0.4) is 0 Å². The molecule has 0 aromatic carbocycles. The summed E-state index contributed by atoms with van der Waals surface area (Å²) in [5.41, 5.74) is 5.89. The van der Waals surface area contributed by atoms with Crippen LogP contribution in [0.1, 0.15) is 26.2 Å². The molecule has 3 aliphatic rings. The maximum atomic E-state index is 12.5. The second-order valence-electron chi connectivity index (χ2n) is 6.92. The van der Waals surface area contributed by atoms with Crippen molar-refractivity contribution in [2.24, 2.45) is 10.1 Å². The molecular formula is C13H21N5O8S2. The highest BCUT2D eigenvalue weighted by atomic mass is 32.3. The smallest absolute Gasteiger partial charge is 0.385 e. The lowest BCUT2D eigenvalue weighted by Gasteiger charge is -2.29. The minimum atomic E-state index is -4.88. The Kier molecular flexibility index (Phi) is 5.28. The van der Waals surface area contributed by atoms with Crippen LogP contribution in [0.15, 0.2) is 4.40 Å². The van der Waals surface area contributed by atoms with Gasteiger partial charge in [-0.05, 0) is 19.3 Å². The van der Waals surface area contributed by atoms with Gasteiger partial charge in [0.25, 0.3) is 10.0 Å². The van der Waals surface area contributed by atoms with Crippen molar-refractivity contribution in [1.29, 1.82) is 0 Å². The van der Waals surface area contributed by atoms with Gasteiger partial charge in [-0.25, -0.2) is 13.2 Å². The minimum Gasteiger partial charge on any atom is -0.385 e. The summed E-state index contributed by atoms with van der Waals surface area (Å²) in [4.78, 5) is 26.3. The number of rotatable bonds is 5. The van der Waals surface area contributed by atoms with E-state index in [9.17, 15) is 26.4 Å². The number of hydroxylamine groups is 2. The Hall–Kier alpha value is -1.97. The number of urea groups is 1. The Morgan fingerprint density at radius 3 is 2.46 bits per heavy atom. The van der Waals surface area contributed by atoms with E-state index in [1.54, 1.807) is 0 Å². The highest BCUT2D eigenvalue weighted by Crippen LogP contribution is 2.31. The average Bonchev–Trinajstić information content (AvgIpc) is 3.15. The van der Waals surface area contributed by atoms with Gasteiger partial charge in [0.15, 0.2) is 0 Å². The third-order valence-corrected chi connectivity index (χ3v) is 7.12. The Morgan fingerprint density at radius 2 is 1.89 bits per heavy atom. The van der Waals surface area contributed by atoms with Crippen molar-refractivity contribution in [3.8, 4) is 0 Å². The van der Waals surface area contributed by atoms with Crippen LogP contribution in [0, 0.1) is 0 Å². The second-order valence-corrected chi connectivity index (χ2v) is 9.80. The maximum Gasteiger partial charge on any atom is 0.418 e. The molecule has 0 aromatic heterocycles. The largest absolute Gasteiger partial charge is 0.418 e. The van der Waals surface area contributed by atoms with Gasteiger partial charge < -0.3 is 15.5 Å². The summed E-state index contributed by atoms with van der Waals surface area (Å²) in [6.07, 6.45) is 0.765. The summed E-state index contributed by atoms with van der Waals surface area (Å²) in [5.74, 6) is -0.517. The van der Waals surface area contributed by atoms with Gasteiger partial charge in [0.2, 0.25) is 5.91 Å². The predicted molar refractivity (Wildman–Crippen MR) is 94.6 cm³/mol. The molecule has 3 rings (SSSR count). The first-order valence-corrected chi connectivity index (χ1v) is 11.4. The van der Waals surface area contributed by atoms with Crippen LogP contribution in [0.5, 0.6) is 0 Å². The number of amidine groups is 1. The van der Waals surface area contributed by atoms with Crippen LogP contribution in [0.25, 0.3) is 0 Å². The lowest BCUT2D eigenvalue weighted by molar-refractivity contribution is -0.127. The van der Waals surface area contributed by atoms with E-state index in [0.717, 1.165) is 4.90 Å². The van der Waals surface area contributed by atoms with Crippen molar-refractivity contribution in [3.05, 3.63) is 0 Å². The molecule has 0 radical (unpaired) electrons. The molecule has 0 aliphatic carbocycles. The molecule has 2 bridgehead atoms. The van der Waals surface area contributed by atoms with Crippen molar-refractivity contribution in [3.63, 3.8) is 0 Å². The van der Waals surface area contributed by atoms with Crippen molar-refractivity contribution < 1.29 is 35.3 Å². The number of nitrogens with zero attached hydrogens (tertiary/aromatic N) is 4. The van der Waals surface area contributed by atoms with E-state index in [1.165, 1.54) is 11.8 Å². The van der Waals surface area contributed by atoms with Gasteiger partial charge in [0.05, 0.1) is 12.1 Å². The fraction of sp³-hybridized carbons (Fsp3) is 0.769. The van der Waals surface area contributed by atoms with E-state index in [2.05, 4.69) is 8.68 Å². The number of likely N-dealkylation sites (tertiary alicyclic amines) is 1. The number of hydrogen-bond acceptors (Lipinski definition) is 7. The van der Waals surface area contributed by atoms with E-state index < -0.39 is 43.8 Å². The van der Waals surface area contributed by atoms with Crippen LogP contribution in [0.4, 0.5) is 4.79 Å². The lowest BCUT2D eigenvalue weighted by Crippen LogP contribution is -2.48. The molecule has 3 atom stereocenters. The topological polar surface area (TPSA) is 180 Å². The highest BCUT2D eigenvalue weighted by Gasteiger charge is 2.48. The fourth-order valence-corrected chi connectivity index (χ4v) is 5.40. The van der Waals surface area contributed by atoms with Gasteiger partial charge in [0.1, 0.15) is 11.1 Å². The van der Waals surface area contributed by atoms with E-state index in [0.29, 0.717) is 11.6 Å². The Labute approximate surface area is 162 Å². The Bertz CT molecular complexity index is 917. The molecule has 3 fully saturated rings. The van der Waals surface area contributed by atoms with E-state index in [1.807, 2.05) is 0 Å². The van der Waals surface area contributed by atoms with Crippen LogP contribution in [-0.4, -0.2) is 91.0 Å². The molecule has 3 aliphatic heterocycles. The number of piperidine rings is 1. The molecule has 13 nitrogen and oxygen atoms in total. The monoisotopic (exact) mass is 439 g/mol. The third-order valence-electron chi connectivity index (χ3n) is 5.08. The minimum absolute atomic E-state index is 0.0276. The number of carbonyl (C=O) groups is 2.